The summed E-state index contributed by atoms with van der Waals surface area (Å²) < 4.78 is 6.91. The van der Waals surface area contributed by atoms with Crippen LogP contribution in [-0.4, -0.2) is 0 Å². The normalized spacial score (nSPS) is 22.8. The maximum absolute atomic E-state index is 3.02. The van der Waals surface area contributed by atoms with E-state index in [1.54, 1.807) is 22.3 Å². The summed E-state index contributed by atoms with van der Waals surface area (Å²) in [5, 5.41) is 0. The molecule has 1 aliphatic heterocycles. The Morgan fingerprint density at radius 3 is 1.43 bits per heavy atom. The number of allylic oxidation sites excluding steroid dienone is 2. The van der Waals surface area contributed by atoms with Crippen LogP contribution in [0.1, 0.15) is 66.4 Å². The van der Waals surface area contributed by atoms with E-state index in [-0.39, 0.29) is 5.41 Å². The van der Waals surface area contributed by atoms with Gasteiger partial charge in [-0.1, -0.05) is 0 Å². The van der Waals surface area contributed by atoms with Crippen molar-refractivity contribution in [1.29, 1.82) is 0 Å². The van der Waals surface area contributed by atoms with Gasteiger partial charge in [0.2, 0.25) is 0 Å². The van der Waals surface area contributed by atoms with Crippen LogP contribution in [-0.2, 0) is 20.0 Å². The fourth-order valence-electron chi connectivity index (χ4n) is 9.35. The van der Waals surface area contributed by atoms with Gasteiger partial charge in [-0.05, 0) is 0 Å². The molecule has 4 aromatic rings. The molecule has 198 valence electrons. The van der Waals surface area contributed by atoms with E-state index in [0.717, 1.165) is 0 Å². The second-order valence-electron chi connectivity index (χ2n) is 13.4. The average molecular weight is 685 g/mol. The molecule has 1 saturated heterocycles. The first kappa shape index (κ1) is 25.0. The van der Waals surface area contributed by atoms with Gasteiger partial charge in [0, 0.05) is 0 Å². The Labute approximate surface area is 244 Å². The first-order valence-corrected chi connectivity index (χ1v) is 26.6. The summed E-state index contributed by atoms with van der Waals surface area (Å²) >= 11 is -3.02. The average Bonchev–Trinajstić information content (AvgIpc) is 3.69. The predicted molar refractivity (Wildman–Crippen MR) is 167 cm³/mol. The number of hydrogen-bond donors (Lipinski definition) is 0. The molecule has 2 unspecified atom stereocenters. The van der Waals surface area contributed by atoms with E-state index in [4.69, 9.17) is 0 Å². The van der Waals surface area contributed by atoms with E-state index in [1.165, 1.54) is 70.2 Å². The van der Waals surface area contributed by atoms with Crippen molar-refractivity contribution in [1.82, 2.24) is 0 Å². The minimum atomic E-state index is -3.02. The van der Waals surface area contributed by atoms with Crippen LogP contribution in [0.4, 0.5) is 0 Å². The molecule has 2 atom stereocenters. The fraction of sp³-hybridized carbons (Fsp3) is 0.282. The van der Waals surface area contributed by atoms with Crippen LogP contribution in [0.5, 0.6) is 0 Å². The zero-order chi connectivity index (χ0) is 27.2. The molecule has 40 heavy (non-hydrogen) atoms. The summed E-state index contributed by atoms with van der Waals surface area (Å²) in [6.07, 6.45) is 10.8. The molecule has 0 amide bonds. The number of rotatable bonds is 2. The molecule has 0 aromatic heterocycles. The van der Waals surface area contributed by atoms with E-state index in [2.05, 4.69) is 120 Å². The van der Waals surface area contributed by atoms with E-state index in [0.29, 0.717) is 7.35 Å². The monoisotopic (exact) mass is 686 g/mol. The third-order valence-corrected chi connectivity index (χ3v) is 26.2. The first-order chi connectivity index (χ1) is 19.4. The SMILES string of the molecule is Cc1ccccc1-c1cccc2c1C=C1[CH]2[Hf]([CH3])([CH3])[CH]2C(=Cc3c(-c4ccccc4C)cccc32)C12CCCC2. The number of benzene rings is 4. The molecular formula is C39H38Hf. The van der Waals surface area contributed by atoms with Gasteiger partial charge in [0.05, 0.1) is 0 Å². The van der Waals surface area contributed by atoms with Gasteiger partial charge in [0.15, 0.2) is 0 Å². The second-order valence-corrected chi connectivity index (χ2v) is 30.7. The van der Waals surface area contributed by atoms with Crippen LogP contribution in [0.25, 0.3) is 34.4 Å². The van der Waals surface area contributed by atoms with Gasteiger partial charge in [-0.25, -0.2) is 0 Å². The fourth-order valence-corrected chi connectivity index (χ4v) is 26.5. The zero-order valence-electron chi connectivity index (χ0n) is 24.2. The van der Waals surface area contributed by atoms with Crippen molar-refractivity contribution < 1.29 is 20.0 Å². The molecule has 1 saturated carbocycles. The topological polar surface area (TPSA) is 0 Å². The second kappa shape index (κ2) is 8.86. The van der Waals surface area contributed by atoms with Crippen LogP contribution in [0, 0.1) is 19.3 Å². The Kier molecular flexibility index (Phi) is 5.53. The molecule has 1 heteroatoms. The summed E-state index contributed by atoms with van der Waals surface area (Å²) in [6.45, 7) is 4.54. The zero-order valence-corrected chi connectivity index (χ0v) is 27.8. The van der Waals surface area contributed by atoms with Gasteiger partial charge < -0.3 is 0 Å². The van der Waals surface area contributed by atoms with Crippen molar-refractivity contribution in [3.05, 3.63) is 129 Å². The summed E-state index contributed by atoms with van der Waals surface area (Å²) in [5.41, 5.74) is 18.6. The molecular weight excluding hydrogens is 647 g/mol. The molecule has 4 aromatic carbocycles. The van der Waals surface area contributed by atoms with E-state index in [1.807, 2.05) is 0 Å². The molecule has 1 spiro atoms. The molecule has 0 radical (unpaired) electrons. The quantitative estimate of drug-likeness (QED) is 0.184. The first-order valence-electron chi connectivity index (χ1n) is 15.2. The van der Waals surface area contributed by atoms with Crippen molar-refractivity contribution in [3.8, 4) is 22.3 Å². The van der Waals surface area contributed by atoms with Gasteiger partial charge in [0.1, 0.15) is 0 Å². The molecule has 0 nitrogen and oxygen atoms in total. The van der Waals surface area contributed by atoms with Crippen molar-refractivity contribution >= 4 is 12.2 Å². The van der Waals surface area contributed by atoms with Crippen molar-refractivity contribution in [2.75, 3.05) is 0 Å². The van der Waals surface area contributed by atoms with Crippen LogP contribution in [0.15, 0.2) is 96.1 Å². The third kappa shape index (κ3) is 3.28. The summed E-state index contributed by atoms with van der Waals surface area (Å²) in [6, 6.07) is 32.4. The van der Waals surface area contributed by atoms with Crippen molar-refractivity contribution in [2.24, 2.45) is 5.41 Å². The minimum absolute atomic E-state index is 0.231. The van der Waals surface area contributed by atoms with Gasteiger partial charge >= 0.3 is 245 Å². The standard InChI is InChI=1S/C37H32.2CH3.Hf/c1-25-11-3-5-15-31(25)33-17-9-13-27-21-29(23-35(27)33)37(19-7-8-20-37)30-22-28-14-10-18-34(36(28)24-30)32-16-6-4-12-26(32)2;;;/h3-6,9-18,21-24H,7-8,19-20H2,1-2H3;2*1H3;. The molecule has 8 rings (SSSR count). The van der Waals surface area contributed by atoms with E-state index >= 15 is 0 Å². The Bertz CT molecular complexity index is 1630. The van der Waals surface area contributed by atoms with Crippen LogP contribution >= 0.6 is 0 Å². The van der Waals surface area contributed by atoms with Crippen molar-refractivity contribution in [3.63, 3.8) is 0 Å². The number of fused-ring (bicyclic) bond motifs is 8. The van der Waals surface area contributed by atoms with Crippen LogP contribution < -0.4 is 0 Å². The molecule has 4 aliphatic rings. The van der Waals surface area contributed by atoms with Gasteiger partial charge in [-0.2, -0.15) is 0 Å². The molecule has 0 bridgehead atoms. The third-order valence-electron chi connectivity index (χ3n) is 11.0. The van der Waals surface area contributed by atoms with E-state index in [9.17, 15) is 0 Å². The van der Waals surface area contributed by atoms with E-state index < -0.39 is 20.0 Å². The number of hydrogen-bond acceptors (Lipinski definition) is 0. The van der Waals surface area contributed by atoms with Gasteiger partial charge in [-0.3, -0.25) is 0 Å². The Balaban J connectivity index is 1.38. The maximum atomic E-state index is 2.79. The summed E-state index contributed by atoms with van der Waals surface area (Å²) in [7, 11) is 0. The Morgan fingerprint density at radius 1 is 0.550 bits per heavy atom. The van der Waals surface area contributed by atoms with Gasteiger partial charge in [-0.15, -0.1) is 0 Å². The van der Waals surface area contributed by atoms with Crippen LogP contribution in [0.3, 0.4) is 0 Å². The Hall–Kier alpha value is -2.77. The van der Waals surface area contributed by atoms with Crippen LogP contribution in [0.2, 0.25) is 9.36 Å². The molecule has 0 N–H and O–H groups in total. The van der Waals surface area contributed by atoms with Gasteiger partial charge in [0.25, 0.3) is 0 Å². The Morgan fingerprint density at radius 2 is 0.975 bits per heavy atom. The summed E-state index contributed by atoms with van der Waals surface area (Å²) in [4.78, 5) is 0. The molecule has 1 heterocycles. The molecule has 3 aliphatic carbocycles. The number of aryl methyl sites for hydroxylation is 2. The predicted octanol–water partition coefficient (Wildman–Crippen LogP) is 11.0. The summed E-state index contributed by atoms with van der Waals surface area (Å²) in [5.74, 6) is 0. The molecule has 2 fully saturated rings. The van der Waals surface area contributed by atoms with Crippen molar-refractivity contribution in [2.45, 2.75) is 56.2 Å².